The van der Waals surface area contributed by atoms with Crippen molar-refractivity contribution in [2.75, 3.05) is 51.6 Å². The Kier molecular flexibility index (Phi) is 9.48. The predicted octanol–water partition coefficient (Wildman–Crippen LogP) is 6.01. The summed E-state index contributed by atoms with van der Waals surface area (Å²) in [6, 6.07) is 22.6. The van der Waals surface area contributed by atoms with Gasteiger partial charge in [0, 0.05) is 50.9 Å². The van der Waals surface area contributed by atoms with E-state index in [2.05, 4.69) is 58.6 Å². The van der Waals surface area contributed by atoms with Crippen LogP contribution in [0.25, 0.3) is 10.8 Å². The maximum absolute atomic E-state index is 14.3. The van der Waals surface area contributed by atoms with Gasteiger partial charge in [0.05, 0.1) is 5.92 Å². The highest BCUT2D eigenvalue weighted by Gasteiger charge is 2.36. The van der Waals surface area contributed by atoms with Crippen molar-refractivity contribution in [3.63, 3.8) is 0 Å². The molecule has 0 saturated carbocycles. The number of nitrogens with one attached hydrogen (secondary N) is 1. The van der Waals surface area contributed by atoms with E-state index in [9.17, 15) is 14.4 Å². The van der Waals surface area contributed by atoms with Gasteiger partial charge in [0.25, 0.3) is 0 Å². The zero-order chi connectivity index (χ0) is 32.3. The molecule has 3 aromatic rings. The fourth-order valence-corrected chi connectivity index (χ4v) is 8.62. The SMILES string of the molecule is CN1CCC(C2CCN(C(=O)C(CC(=O)N3CCC(N4Cc5ccccc5NC4=O)CC3)Cc3cccc4ccccc34)CC2)CC1. The van der Waals surface area contributed by atoms with Crippen LogP contribution in [0.4, 0.5) is 10.5 Å². The lowest BCUT2D eigenvalue weighted by Crippen LogP contribution is -2.51. The molecule has 3 saturated heterocycles. The van der Waals surface area contributed by atoms with E-state index in [1.54, 1.807) is 0 Å². The van der Waals surface area contributed by atoms with Gasteiger partial charge in [-0.3, -0.25) is 9.59 Å². The van der Waals surface area contributed by atoms with Gasteiger partial charge in [0.15, 0.2) is 0 Å². The van der Waals surface area contributed by atoms with Crippen LogP contribution in [0.15, 0.2) is 66.7 Å². The fourth-order valence-electron chi connectivity index (χ4n) is 8.62. The molecule has 8 heteroatoms. The number of fused-ring (bicyclic) bond motifs is 2. The third-order valence-electron chi connectivity index (χ3n) is 11.5. The van der Waals surface area contributed by atoms with Crippen LogP contribution in [0, 0.1) is 17.8 Å². The number of rotatable bonds is 7. The van der Waals surface area contributed by atoms with Crippen molar-refractivity contribution >= 4 is 34.3 Å². The van der Waals surface area contributed by atoms with Gasteiger partial charge in [0.2, 0.25) is 11.8 Å². The molecule has 8 nitrogen and oxygen atoms in total. The molecule has 4 amide bonds. The van der Waals surface area contributed by atoms with Crippen LogP contribution in [0.5, 0.6) is 0 Å². The fraction of sp³-hybridized carbons (Fsp3) is 0.513. The Balaban J connectivity index is 1.01. The van der Waals surface area contributed by atoms with E-state index in [1.807, 2.05) is 40.1 Å². The number of piperidine rings is 3. The minimum atomic E-state index is -0.393. The first-order chi connectivity index (χ1) is 22.9. The first-order valence-electron chi connectivity index (χ1n) is 17.8. The molecule has 3 aromatic carbocycles. The van der Waals surface area contributed by atoms with E-state index in [4.69, 9.17) is 0 Å². The number of benzene rings is 3. The molecule has 0 radical (unpaired) electrons. The number of anilines is 1. The number of urea groups is 1. The number of amides is 4. The largest absolute Gasteiger partial charge is 0.343 e. The highest BCUT2D eigenvalue weighted by atomic mass is 16.2. The van der Waals surface area contributed by atoms with Crippen LogP contribution in [0.1, 0.15) is 56.1 Å². The van der Waals surface area contributed by atoms with Gasteiger partial charge >= 0.3 is 6.03 Å². The zero-order valence-electron chi connectivity index (χ0n) is 27.8. The Morgan fingerprint density at radius 1 is 0.766 bits per heavy atom. The van der Waals surface area contributed by atoms with Crippen molar-refractivity contribution < 1.29 is 14.4 Å². The van der Waals surface area contributed by atoms with Crippen molar-refractivity contribution in [1.82, 2.24) is 19.6 Å². The monoisotopic (exact) mass is 635 g/mol. The van der Waals surface area contributed by atoms with Gasteiger partial charge in [-0.05, 0) is 105 Å². The molecule has 3 fully saturated rings. The standard InChI is InChI=1S/C39H49N5O3/c1-41-19-13-28(14-20-41)29-15-21-43(22-16-29)38(46)33(25-31-10-6-9-30-7-2-4-11-35(30)31)26-37(45)42-23-17-34(18-24-42)44-27-32-8-3-5-12-36(32)40-39(44)47/h2-12,28-29,33-34H,13-27H2,1H3,(H,40,47). The summed E-state index contributed by atoms with van der Waals surface area (Å²) >= 11 is 0. The third-order valence-corrected chi connectivity index (χ3v) is 11.5. The molecule has 0 aliphatic carbocycles. The normalized spacial score (nSPS) is 21.0. The number of hydrogen-bond acceptors (Lipinski definition) is 4. The number of carbonyl (C=O) groups is 3. The number of hydrogen-bond donors (Lipinski definition) is 1. The maximum atomic E-state index is 14.3. The molecular formula is C39H49N5O3. The van der Waals surface area contributed by atoms with Gasteiger partial charge in [-0.1, -0.05) is 60.7 Å². The molecule has 1 N–H and O–H groups in total. The van der Waals surface area contributed by atoms with Crippen LogP contribution in [0.3, 0.4) is 0 Å². The molecule has 47 heavy (non-hydrogen) atoms. The number of likely N-dealkylation sites (tertiary alicyclic amines) is 3. The smallest absolute Gasteiger partial charge is 0.322 e. The second-order valence-electron chi connectivity index (χ2n) is 14.4. The van der Waals surface area contributed by atoms with Crippen LogP contribution >= 0.6 is 0 Å². The summed E-state index contributed by atoms with van der Waals surface area (Å²) in [4.78, 5) is 49.4. The van der Waals surface area contributed by atoms with E-state index in [1.165, 1.54) is 25.9 Å². The highest BCUT2D eigenvalue weighted by molar-refractivity contribution is 5.92. The van der Waals surface area contributed by atoms with E-state index in [0.29, 0.717) is 32.0 Å². The van der Waals surface area contributed by atoms with Crippen molar-refractivity contribution in [2.45, 2.75) is 64.0 Å². The molecule has 0 aromatic heterocycles. The topological polar surface area (TPSA) is 76.2 Å². The van der Waals surface area contributed by atoms with Gasteiger partial charge < -0.3 is 24.9 Å². The molecule has 4 aliphatic heterocycles. The van der Waals surface area contributed by atoms with Crippen molar-refractivity contribution in [1.29, 1.82) is 0 Å². The Morgan fingerprint density at radius 2 is 1.40 bits per heavy atom. The molecule has 4 aliphatic rings. The lowest BCUT2D eigenvalue weighted by Gasteiger charge is -2.41. The Morgan fingerprint density at radius 3 is 2.17 bits per heavy atom. The number of para-hydroxylation sites is 1. The van der Waals surface area contributed by atoms with E-state index in [-0.39, 0.29) is 30.3 Å². The predicted molar refractivity (Wildman–Crippen MR) is 186 cm³/mol. The summed E-state index contributed by atoms with van der Waals surface area (Å²) in [5.41, 5.74) is 3.13. The quantitative estimate of drug-likeness (QED) is 0.345. The molecule has 4 heterocycles. The second-order valence-corrected chi connectivity index (χ2v) is 14.4. The summed E-state index contributed by atoms with van der Waals surface area (Å²) in [5.74, 6) is 1.26. The molecule has 248 valence electrons. The molecule has 0 bridgehead atoms. The highest BCUT2D eigenvalue weighted by Crippen LogP contribution is 2.34. The number of nitrogens with zero attached hydrogens (tertiary/aromatic N) is 4. The average molecular weight is 636 g/mol. The molecule has 1 unspecified atom stereocenters. The average Bonchev–Trinajstić information content (AvgIpc) is 3.11. The molecule has 1 atom stereocenters. The van der Waals surface area contributed by atoms with Crippen LogP contribution in [-0.4, -0.2) is 89.8 Å². The molecule has 7 rings (SSSR count). The molecular weight excluding hydrogens is 586 g/mol. The van der Waals surface area contributed by atoms with Gasteiger partial charge in [-0.15, -0.1) is 0 Å². The Hall–Kier alpha value is -3.91. The number of carbonyl (C=O) groups excluding carboxylic acids is 3. The third kappa shape index (κ3) is 7.03. The summed E-state index contributed by atoms with van der Waals surface area (Å²) in [5, 5.41) is 5.35. The Bertz CT molecular complexity index is 1580. The minimum Gasteiger partial charge on any atom is -0.343 e. The maximum Gasteiger partial charge on any atom is 0.322 e. The lowest BCUT2D eigenvalue weighted by atomic mass is 9.78. The van der Waals surface area contributed by atoms with Crippen molar-refractivity contribution in [2.24, 2.45) is 17.8 Å². The van der Waals surface area contributed by atoms with Gasteiger partial charge in [0.1, 0.15) is 0 Å². The summed E-state index contributed by atoms with van der Waals surface area (Å²) in [7, 11) is 2.21. The first kappa shape index (κ1) is 31.7. The van der Waals surface area contributed by atoms with Crippen molar-refractivity contribution in [3.8, 4) is 0 Å². The van der Waals surface area contributed by atoms with Crippen LogP contribution < -0.4 is 5.32 Å². The second kappa shape index (κ2) is 14.1. The van der Waals surface area contributed by atoms with Gasteiger partial charge in [-0.25, -0.2) is 4.79 Å². The van der Waals surface area contributed by atoms with E-state index < -0.39 is 5.92 Å². The van der Waals surface area contributed by atoms with Gasteiger partial charge in [-0.2, -0.15) is 0 Å². The first-order valence-corrected chi connectivity index (χ1v) is 17.8. The zero-order valence-corrected chi connectivity index (χ0v) is 27.8. The van der Waals surface area contributed by atoms with Crippen LogP contribution in [0.2, 0.25) is 0 Å². The minimum absolute atomic E-state index is 0.0525. The Labute approximate surface area is 279 Å². The van der Waals surface area contributed by atoms with E-state index >= 15 is 0 Å². The summed E-state index contributed by atoms with van der Waals surface area (Å²) < 4.78 is 0. The van der Waals surface area contributed by atoms with Crippen LogP contribution in [-0.2, 0) is 22.6 Å². The summed E-state index contributed by atoms with van der Waals surface area (Å²) in [6.45, 7) is 5.74. The summed E-state index contributed by atoms with van der Waals surface area (Å²) in [6.07, 6.45) is 6.93. The lowest BCUT2D eigenvalue weighted by molar-refractivity contribution is -0.143. The van der Waals surface area contributed by atoms with E-state index in [0.717, 1.165) is 72.3 Å². The molecule has 0 spiro atoms. The van der Waals surface area contributed by atoms with Crippen molar-refractivity contribution in [3.05, 3.63) is 77.9 Å².